The number of unbranched alkanes of at least 4 members (excludes halogenated alkanes) is 1. The van der Waals surface area contributed by atoms with E-state index in [0.717, 1.165) is 23.8 Å². The van der Waals surface area contributed by atoms with E-state index in [1.165, 1.54) is 31.2 Å². The van der Waals surface area contributed by atoms with Gasteiger partial charge in [0.25, 0.3) is 0 Å². The summed E-state index contributed by atoms with van der Waals surface area (Å²) in [5, 5.41) is 3.45. The first-order valence-corrected chi connectivity index (χ1v) is 8.08. The fourth-order valence-electron chi connectivity index (χ4n) is 2.77. The molecule has 0 saturated carbocycles. The molecule has 0 amide bonds. The van der Waals surface area contributed by atoms with Crippen molar-refractivity contribution in [2.45, 2.75) is 52.0 Å². The lowest BCUT2D eigenvalue weighted by atomic mass is 9.89. The van der Waals surface area contributed by atoms with Gasteiger partial charge in [-0.05, 0) is 37.1 Å². The molecule has 21 heavy (non-hydrogen) atoms. The summed E-state index contributed by atoms with van der Waals surface area (Å²) in [4.78, 5) is 0. The molecule has 0 radical (unpaired) electrons. The molecule has 2 atom stereocenters. The molecule has 3 heteroatoms. The van der Waals surface area contributed by atoms with Crippen LogP contribution in [0, 0.1) is 5.92 Å². The number of hydrogen-bond acceptors (Lipinski definition) is 3. The first kappa shape index (κ1) is 17.8. The quantitative estimate of drug-likeness (QED) is 0.685. The van der Waals surface area contributed by atoms with Gasteiger partial charge in [0.2, 0.25) is 0 Å². The summed E-state index contributed by atoms with van der Waals surface area (Å²) < 4.78 is 10.8. The van der Waals surface area contributed by atoms with Gasteiger partial charge in [-0.3, -0.25) is 0 Å². The molecule has 0 saturated heterocycles. The molecule has 0 aliphatic rings. The highest BCUT2D eigenvalue weighted by molar-refractivity contribution is 5.39. The topological polar surface area (TPSA) is 30.5 Å². The van der Waals surface area contributed by atoms with Gasteiger partial charge in [0.1, 0.15) is 11.5 Å². The van der Waals surface area contributed by atoms with Crippen molar-refractivity contribution in [1.82, 2.24) is 5.32 Å². The maximum Gasteiger partial charge on any atom is 0.122 e. The number of methoxy groups -OCH3 is 2. The minimum Gasteiger partial charge on any atom is -0.497 e. The average Bonchev–Trinajstić information content (AvgIpc) is 2.54. The van der Waals surface area contributed by atoms with Crippen molar-refractivity contribution in [1.29, 1.82) is 0 Å². The van der Waals surface area contributed by atoms with Gasteiger partial charge >= 0.3 is 0 Å². The number of hydrogen-bond donors (Lipinski definition) is 1. The molecule has 0 bridgehead atoms. The zero-order valence-electron chi connectivity index (χ0n) is 14.2. The van der Waals surface area contributed by atoms with Crippen LogP contribution in [0.3, 0.4) is 0 Å². The Hall–Kier alpha value is -1.22. The summed E-state index contributed by atoms with van der Waals surface area (Å²) in [5.74, 6) is 2.47. The molecule has 1 aromatic rings. The van der Waals surface area contributed by atoms with Crippen molar-refractivity contribution >= 4 is 0 Å². The number of rotatable bonds is 10. The van der Waals surface area contributed by atoms with Crippen molar-refractivity contribution in [3.8, 4) is 11.5 Å². The van der Waals surface area contributed by atoms with E-state index < -0.39 is 0 Å². The molecule has 1 N–H and O–H groups in total. The second-order valence-electron chi connectivity index (χ2n) is 5.64. The van der Waals surface area contributed by atoms with E-state index in [-0.39, 0.29) is 0 Å². The second kappa shape index (κ2) is 9.67. The van der Waals surface area contributed by atoms with E-state index in [4.69, 9.17) is 9.47 Å². The molecule has 1 rings (SSSR count). The van der Waals surface area contributed by atoms with Gasteiger partial charge in [-0.15, -0.1) is 0 Å². The summed E-state index contributed by atoms with van der Waals surface area (Å²) in [6.07, 6.45) is 6.29. The van der Waals surface area contributed by atoms with Crippen LogP contribution in [0.5, 0.6) is 11.5 Å². The van der Waals surface area contributed by atoms with Crippen LogP contribution >= 0.6 is 0 Å². The Bertz CT molecular complexity index is 384. The zero-order valence-corrected chi connectivity index (χ0v) is 14.2. The highest BCUT2D eigenvalue weighted by Gasteiger charge is 2.17. The Labute approximate surface area is 130 Å². The van der Waals surface area contributed by atoms with Gasteiger partial charge in [-0.2, -0.15) is 0 Å². The summed E-state index contributed by atoms with van der Waals surface area (Å²) in [5.41, 5.74) is 1.24. The van der Waals surface area contributed by atoms with E-state index in [9.17, 15) is 0 Å². The fourth-order valence-corrected chi connectivity index (χ4v) is 2.77. The van der Waals surface area contributed by atoms with Gasteiger partial charge in [0.05, 0.1) is 14.2 Å². The van der Waals surface area contributed by atoms with Crippen molar-refractivity contribution in [2.75, 3.05) is 21.3 Å². The lowest BCUT2D eigenvalue weighted by Gasteiger charge is -2.23. The van der Waals surface area contributed by atoms with Gasteiger partial charge < -0.3 is 14.8 Å². The number of benzene rings is 1. The lowest BCUT2D eigenvalue weighted by molar-refractivity contribution is 0.360. The Morgan fingerprint density at radius 3 is 2.10 bits per heavy atom. The molecule has 0 aliphatic heterocycles. The van der Waals surface area contributed by atoms with E-state index >= 15 is 0 Å². The maximum absolute atomic E-state index is 5.38. The second-order valence-corrected chi connectivity index (χ2v) is 5.64. The minimum absolute atomic E-state index is 0.343. The van der Waals surface area contributed by atoms with Crippen LogP contribution < -0.4 is 14.8 Å². The van der Waals surface area contributed by atoms with Crippen LogP contribution in [0.25, 0.3) is 0 Å². The van der Waals surface area contributed by atoms with E-state index in [2.05, 4.69) is 31.3 Å². The average molecular weight is 293 g/mol. The van der Waals surface area contributed by atoms with Gasteiger partial charge in [-0.25, -0.2) is 0 Å². The highest BCUT2D eigenvalue weighted by atomic mass is 16.5. The van der Waals surface area contributed by atoms with Crippen molar-refractivity contribution in [3.63, 3.8) is 0 Å². The Kier molecular flexibility index (Phi) is 8.21. The monoisotopic (exact) mass is 293 g/mol. The van der Waals surface area contributed by atoms with Crippen LogP contribution in [0.4, 0.5) is 0 Å². The van der Waals surface area contributed by atoms with Crippen LogP contribution in [-0.4, -0.2) is 21.3 Å². The molecule has 0 aliphatic carbocycles. The molecule has 1 aromatic carbocycles. The third-order valence-electron chi connectivity index (χ3n) is 4.24. The Morgan fingerprint density at radius 2 is 1.67 bits per heavy atom. The van der Waals surface area contributed by atoms with Crippen LogP contribution in [0.1, 0.15) is 57.6 Å². The maximum atomic E-state index is 5.38. The molecule has 0 aromatic heterocycles. The minimum atomic E-state index is 0.343. The van der Waals surface area contributed by atoms with Crippen LogP contribution in [-0.2, 0) is 0 Å². The lowest BCUT2D eigenvalue weighted by Crippen LogP contribution is -2.20. The zero-order chi connectivity index (χ0) is 15.7. The SMILES string of the molecule is CCCCC(CC)CC(NC)c1cc(OC)cc(OC)c1. The first-order chi connectivity index (χ1) is 10.2. The largest absolute Gasteiger partial charge is 0.497 e. The first-order valence-electron chi connectivity index (χ1n) is 8.08. The van der Waals surface area contributed by atoms with Gasteiger partial charge in [-0.1, -0.05) is 39.5 Å². The smallest absolute Gasteiger partial charge is 0.122 e. The summed E-state index contributed by atoms with van der Waals surface area (Å²) in [6, 6.07) is 6.48. The summed E-state index contributed by atoms with van der Waals surface area (Å²) >= 11 is 0. The molecular formula is C18H31NO2. The Balaban J connectivity index is 2.87. The molecule has 3 nitrogen and oxygen atoms in total. The van der Waals surface area contributed by atoms with Gasteiger partial charge in [0.15, 0.2) is 0 Å². The van der Waals surface area contributed by atoms with E-state index in [1.54, 1.807) is 14.2 Å². The molecule has 2 unspecified atom stereocenters. The summed E-state index contributed by atoms with van der Waals surface area (Å²) in [6.45, 7) is 4.55. The molecule has 0 spiro atoms. The molecule has 120 valence electrons. The van der Waals surface area contributed by atoms with Crippen molar-refractivity contribution < 1.29 is 9.47 Å². The highest BCUT2D eigenvalue weighted by Crippen LogP contribution is 2.31. The van der Waals surface area contributed by atoms with Crippen molar-refractivity contribution in [2.24, 2.45) is 5.92 Å². The molecule has 0 heterocycles. The van der Waals surface area contributed by atoms with Crippen LogP contribution in [0.2, 0.25) is 0 Å². The third-order valence-corrected chi connectivity index (χ3v) is 4.24. The third kappa shape index (κ3) is 5.58. The number of nitrogens with one attached hydrogen (secondary N) is 1. The molecule has 0 fully saturated rings. The fraction of sp³-hybridized carbons (Fsp3) is 0.667. The Morgan fingerprint density at radius 1 is 1.05 bits per heavy atom. The predicted octanol–water partition coefficient (Wildman–Crippen LogP) is 4.57. The van der Waals surface area contributed by atoms with Crippen LogP contribution in [0.15, 0.2) is 18.2 Å². The summed E-state index contributed by atoms with van der Waals surface area (Å²) in [7, 11) is 5.43. The van der Waals surface area contributed by atoms with E-state index in [0.29, 0.717) is 6.04 Å². The number of ether oxygens (including phenoxy) is 2. The van der Waals surface area contributed by atoms with E-state index in [1.807, 2.05) is 13.1 Å². The van der Waals surface area contributed by atoms with Gasteiger partial charge in [0, 0.05) is 12.1 Å². The van der Waals surface area contributed by atoms with Crippen molar-refractivity contribution in [3.05, 3.63) is 23.8 Å². The standard InChI is InChI=1S/C18H31NO2/c1-6-8-9-14(7-2)10-18(19-3)15-11-16(20-4)13-17(12-15)21-5/h11-14,18-19H,6-10H2,1-5H3. The normalized spacial score (nSPS) is 13.8. The molecular weight excluding hydrogens is 262 g/mol. The predicted molar refractivity (Wildman–Crippen MR) is 89.3 cm³/mol.